The maximum absolute atomic E-state index is 10.8. The van der Waals surface area contributed by atoms with E-state index in [0.29, 0.717) is 10.7 Å². The van der Waals surface area contributed by atoms with Crippen molar-refractivity contribution in [2.75, 3.05) is 24.4 Å². The molecule has 2 rings (SSSR count). The molecule has 0 radical (unpaired) electrons. The number of carboxylic acid groups (broad SMARTS) is 1. The highest BCUT2D eigenvalue weighted by molar-refractivity contribution is 6.33. The van der Waals surface area contributed by atoms with Crippen molar-refractivity contribution in [2.24, 2.45) is 5.10 Å². The fraction of sp³-hybridized carbons (Fsp3) is 0.125. The highest BCUT2D eigenvalue weighted by atomic mass is 35.5. The van der Waals surface area contributed by atoms with Gasteiger partial charge in [0.1, 0.15) is 0 Å². The second-order valence-electron chi connectivity index (χ2n) is 4.84. The summed E-state index contributed by atoms with van der Waals surface area (Å²) in [6, 6.07) is 12.1. The standard InChI is InChI=1S/C16H16ClN3O2/c1-20(2)13-6-3-11(4-7-13)10-18-19-15-9-12(16(21)22)5-8-14(15)17/h3-10,19H,1-2H3,(H,21,22)/p-1/b18-10-. The number of hydrazone groups is 1. The molecule has 0 aromatic heterocycles. The first kappa shape index (κ1) is 15.9. The zero-order valence-electron chi connectivity index (χ0n) is 12.2. The average molecular weight is 317 g/mol. The van der Waals surface area contributed by atoms with E-state index in [1.165, 1.54) is 18.2 Å². The molecule has 0 atom stereocenters. The fourth-order valence-electron chi connectivity index (χ4n) is 1.77. The zero-order valence-corrected chi connectivity index (χ0v) is 13.0. The summed E-state index contributed by atoms with van der Waals surface area (Å²) in [5, 5.41) is 15.3. The number of nitrogens with one attached hydrogen (secondary N) is 1. The van der Waals surface area contributed by atoms with E-state index < -0.39 is 5.97 Å². The lowest BCUT2D eigenvalue weighted by Crippen LogP contribution is -2.22. The number of hydrogen-bond acceptors (Lipinski definition) is 5. The summed E-state index contributed by atoms with van der Waals surface area (Å²) in [4.78, 5) is 12.8. The number of benzene rings is 2. The molecule has 0 aliphatic rings. The zero-order chi connectivity index (χ0) is 16.1. The number of rotatable bonds is 5. The lowest BCUT2D eigenvalue weighted by Gasteiger charge is -2.11. The predicted molar refractivity (Wildman–Crippen MR) is 87.8 cm³/mol. The number of carbonyl (C=O) groups is 1. The number of aromatic carboxylic acids is 1. The first-order chi connectivity index (χ1) is 10.5. The van der Waals surface area contributed by atoms with Crippen LogP contribution >= 0.6 is 11.6 Å². The molecule has 2 aromatic rings. The minimum atomic E-state index is -1.26. The van der Waals surface area contributed by atoms with Gasteiger partial charge in [-0.3, -0.25) is 5.43 Å². The molecule has 0 unspecified atom stereocenters. The summed E-state index contributed by atoms with van der Waals surface area (Å²) in [5.41, 5.74) is 5.18. The molecule has 0 amide bonds. The molecule has 0 saturated carbocycles. The van der Waals surface area contributed by atoms with Crippen LogP contribution in [0, 0.1) is 0 Å². The minimum absolute atomic E-state index is 0.0393. The topological polar surface area (TPSA) is 67.8 Å². The van der Waals surface area contributed by atoms with Gasteiger partial charge in [-0.15, -0.1) is 0 Å². The average Bonchev–Trinajstić information content (AvgIpc) is 2.49. The number of nitrogens with zero attached hydrogens (tertiary/aromatic N) is 2. The third kappa shape index (κ3) is 3.99. The van der Waals surface area contributed by atoms with Crippen LogP contribution in [0.1, 0.15) is 15.9 Å². The molecule has 114 valence electrons. The van der Waals surface area contributed by atoms with Gasteiger partial charge in [-0.05, 0) is 35.4 Å². The van der Waals surface area contributed by atoms with Crippen molar-refractivity contribution in [3.8, 4) is 0 Å². The van der Waals surface area contributed by atoms with E-state index in [2.05, 4.69) is 10.5 Å². The number of halogens is 1. The Morgan fingerprint density at radius 2 is 1.91 bits per heavy atom. The molecule has 0 aliphatic heterocycles. The van der Waals surface area contributed by atoms with Crippen LogP contribution in [-0.2, 0) is 0 Å². The van der Waals surface area contributed by atoms with Crippen LogP contribution in [0.25, 0.3) is 0 Å². The van der Waals surface area contributed by atoms with Crippen molar-refractivity contribution in [3.05, 3.63) is 58.6 Å². The molecular weight excluding hydrogens is 302 g/mol. The maximum atomic E-state index is 10.8. The van der Waals surface area contributed by atoms with Crippen LogP contribution in [-0.4, -0.2) is 26.3 Å². The maximum Gasteiger partial charge on any atom is 0.0754 e. The van der Waals surface area contributed by atoms with Crippen LogP contribution in [0.15, 0.2) is 47.6 Å². The van der Waals surface area contributed by atoms with Gasteiger partial charge < -0.3 is 14.8 Å². The van der Waals surface area contributed by atoms with Crippen LogP contribution < -0.4 is 15.4 Å². The van der Waals surface area contributed by atoms with Crippen molar-refractivity contribution in [2.45, 2.75) is 0 Å². The molecule has 22 heavy (non-hydrogen) atoms. The lowest BCUT2D eigenvalue weighted by molar-refractivity contribution is -0.255. The molecule has 0 heterocycles. The van der Waals surface area contributed by atoms with Crippen LogP contribution in [0.4, 0.5) is 11.4 Å². The van der Waals surface area contributed by atoms with Gasteiger partial charge in [-0.2, -0.15) is 5.10 Å². The van der Waals surface area contributed by atoms with Gasteiger partial charge in [0, 0.05) is 19.8 Å². The van der Waals surface area contributed by atoms with Crippen molar-refractivity contribution in [1.82, 2.24) is 0 Å². The normalized spacial score (nSPS) is 10.7. The SMILES string of the molecule is CN(C)c1ccc(/C=N\Nc2cc(C(=O)[O-])ccc2Cl)cc1. The molecule has 2 aromatic carbocycles. The van der Waals surface area contributed by atoms with Crippen LogP contribution in [0.3, 0.4) is 0 Å². The quantitative estimate of drug-likeness (QED) is 0.678. The van der Waals surface area contributed by atoms with E-state index in [4.69, 9.17) is 11.6 Å². The van der Waals surface area contributed by atoms with Gasteiger partial charge in [0.25, 0.3) is 0 Å². The van der Waals surface area contributed by atoms with Crippen molar-refractivity contribution >= 4 is 35.2 Å². The molecule has 1 N–H and O–H groups in total. The molecule has 0 aliphatic carbocycles. The van der Waals surface area contributed by atoms with Crippen LogP contribution in [0.2, 0.25) is 5.02 Å². The van der Waals surface area contributed by atoms with E-state index in [-0.39, 0.29) is 5.56 Å². The summed E-state index contributed by atoms with van der Waals surface area (Å²) >= 11 is 5.98. The molecule has 0 spiro atoms. The first-order valence-corrected chi connectivity index (χ1v) is 6.92. The second-order valence-corrected chi connectivity index (χ2v) is 5.25. The van der Waals surface area contributed by atoms with E-state index >= 15 is 0 Å². The Bertz CT molecular complexity index is 697. The summed E-state index contributed by atoms with van der Waals surface area (Å²) in [7, 11) is 3.94. The summed E-state index contributed by atoms with van der Waals surface area (Å²) in [5.74, 6) is -1.26. The molecule has 0 saturated heterocycles. The molecule has 0 fully saturated rings. The Labute approximate surface area is 133 Å². The Kier molecular flexibility index (Phi) is 5.01. The van der Waals surface area contributed by atoms with Crippen LogP contribution in [0.5, 0.6) is 0 Å². The van der Waals surface area contributed by atoms with Crippen molar-refractivity contribution < 1.29 is 9.90 Å². The first-order valence-electron chi connectivity index (χ1n) is 6.55. The Morgan fingerprint density at radius 1 is 1.23 bits per heavy atom. The lowest BCUT2D eigenvalue weighted by atomic mass is 10.2. The molecular formula is C16H15ClN3O2-. The van der Waals surface area contributed by atoms with Gasteiger partial charge in [0.05, 0.1) is 22.9 Å². The van der Waals surface area contributed by atoms with E-state index in [1.54, 1.807) is 6.21 Å². The molecule has 6 heteroatoms. The summed E-state index contributed by atoms with van der Waals surface area (Å²) < 4.78 is 0. The monoisotopic (exact) mass is 316 g/mol. The Morgan fingerprint density at radius 3 is 2.50 bits per heavy atom. The predicted octanol–water partition coefficient (Wildman–Crippen LogP) is 2.22. The van der Waals surface area contributed by atoms with E-state index in [1.807, 2.05) is 43.3 Å². The van der Waals surface area contributed by atoms with Gasteiger partial charge in [-0.1, -0.05) is 29.8 Å². The number of carbonyl (C=O) groups excluding carboxylic acids is 1. The third-order valence-electron chi connectivity index (χ3n) is 3.01. The number of hydrogen-bond donors (Lipinski definition) is 1. The van der Waals surface area contributed by atoms with Crippen molar-refractivity contribution in [3.63, 3.8) is 0 Å². The fourth-order valence-corrected chi connectivity index (χ4v) is 1.93. The Hall–Kier alpha value is -2.53. The third-order valence-corrected chi connectivity index (χ3v) is 3.34. The highest BCUT2D eigenvalue weighted by Crippen LogP contribution is 2.22. The van der Waals surface area contributed by atoms with Gasteiger partial charge >= 0.3 is 0 Å². The highest BCUT2D eigenvalue weighted by Gasteiger charge is 2.01. The van der Waals surface area contributed by atoms with Crippen molar-refractivity contribution in [1.29, 1.82) is 0 Å². The largest absolute Gasteiger partial charge is 0.545 e. The number of anilines is 2. The second kappa shape index (κ2) is 6.95. The van der Waals surface area contributed by atoms with Gasteiger partial charge in [-0.25, -0.2) is 0 Å². The van der Waals surface area contributed by atoms with Gasteiger partial charge in [0.15, 0.2) is 0 Å². The van der Waals surface area contributed by atoms with Gasteiger partial charge in [0.2, 0.25) is 0 Å². The summed E-state index contributed by atoms with van der Waals surface area (Å²) in [6.07, 6.45) is 1.63. The Balaban J connectivity index is 2.09. The summed E-state index contributed by atoms with van der Waals surface area (Å²) in [6.45, 7) is 0. The smallest absolute Gasteiger partial charge is 0.0754 e. The minimum Gasteiger partial charge on any atom is -0.545 e. The van der Waals surface area contributed by atoms with E-state index in [0.717, 1.165) is 11.3 Å². The molecule has 5 nitrogen and oxygen atoms in total. The van der Waals surface area contributed by atoms with E-state index in [9.17, 15) is 9.90 Å². The molecule has 0 bridgehead atoms. The number of carboxylic acids is 1.